The predicted octanol–water partition coefficient (Wildman–Crippen LogP) is 4.35. The van der Waals surface area contributed by atoms with Crippen LogP contribution in [-0.4, -0.2) is 19.5 Å². The van der Waals surface area contributed by atoms with E-state index in [4.69, 9.17) is 11.6 Å². The highest BCUT2D eigenvalue weighted by molar-refractivity contribution is 6.28. The monoisotopic (exact) mass is 320 g/mol. The molecule has 0 bridgehead atoms. The van der Waals surface area contributed by atoms with Gasteiger partial charge in [0.05, 0.1) is 11.3 Å². The summed E-state index contributed by atoms with van der Waals surface area (Å²) < 4.78 is 2.16. The molecule has 0 aliphatic carbocycles. The first-order valence-electron chi connectivity index (χ1n) is 7.23. The molecule has 0 saturated heterocycles. The van der Waals surface area contributed by atoms with Gasteiger partial charge in [0.15, 0.2) is 5.82 Å². The van der Waals surface area contributed by atoms with E-state index in [1.54, 1.807) is 0 Å². The molecule has 4 rings (SSSR count). The Morgan fingerprint density at radius 3 is 2.43 bits per heavy atom. The maximum absolute atomic E-state index is 5.98. The highest BCUT2D eigenvalue weighted by atomic mass is 35.5. The molecule has 2 aromatic heterocycles. The first kappa shape index (κ1) is 13.9. The number of nitrogens with zero attached hydrogens (tertiary/aromatic N) is 4. The van der Waals surface area contributed by atoms with Crippen LogP contribution in [0.2, 0.25) is 5.28 Å². The molecule has 0 radical (unpaired) electrons. The fourth-order valence-corrected chi connectivity index (χ4v) is 3.07. The number of hydrogen-bond donors (Lipinski definition) is 0. The fraction of sp³-hybridized carbons (Fsp3) is 0.0556. The van der Waals surface area contributed by atoms with E-state index in [1.165, 1.54) is 6.33 Å². The van der Waals surface area contributed by atoms with Crippen LogP contribution in [0.15, 0.2) is 60.9 Å². The summed E-state index contributed by atoms with van der Waals surface area (Å²) in [5.74, 6) is 0.584. The lowest BCUT2D eigenvalue weighted by Crippen LogP contribution is -1.95. The van der Waals surface area contributed by atoms with E-state index in [2.05, 4.69) is 50.8 Å². The summed E-state index contributed by atoms with van der Waals surface area (Å²) in [5, 5.41) is 1.29. The van der Waals surface area contributed by atoms with Gasteiger partial charge in [-0.3, -0.25) is 0 Å². The molecule has 0 saturated carbocycles. The largest absolute Gasteiger partial charge is 0.343 e. The van der Waals surface area contributed by atoms with Gasteiger partial charge in [0.2, 0.25) is 5.28 Å². The molecule has 0 aliphatic rings. The van der Waals surface area contributed by atoms with Crippen LogP contribution in [0.5, 0.6) is 0 Å². The summed E-state index contributed by atoms with van der Waals surface area (Å²) in [6, 6.07) is 18.4. The van der Waals surface area contributed by atoms with Gasteiger partial charge in [0.1, 0.15) is 6.33 Å². The van der Waals surface area contributed by atoms with Crippen molar-refractivity contribution in [3.63, 3.8) is 0 Å². The maximum Gasteiger partial charge on any atom is 0.225 e. The van der Waals surface area contributed by atoms with Crippen molar-refractivity contribution < 1.29 is 0 Å². The highest BCUT2D eigenvalue weighted by Gasteiger charge is 2.20. The Morgan fingerprint density at radius 1 is 0.913 bits per heavy atom. The van der Waals surface area contributed by atoms with Crippen molar-refractivity contribution in [1.29, 1.82) is 0 Å². The summed E-state index contributed by atoms with van der Waals surface area (Å²) >= 11 is 5.98. The van der Waals surface area contributed by atoms with E-state index < -0.39 is 0 Å². The summed E-state index contributed by atoms with van der Waals surface area (Å²) in [5.41, 5.74) is 4.27. The SMILES string of the molecule is Cn1c(-c2ccccc2)c(-c2ncnc(Cl)n2)c2ccccc21. The van der Waals surface area contributed by atoms with Crippen LogP contribution >= 0.6 is 11.6 Å². The molecule has 0 unspecified atom stereocenters. The van der Waals surface area contributed by atoms with Crippen molar-refractivity contribution in [3.8, 4) is 22.6 Å². The molecule has 4 nitrogen and oxygen atoms in total. The molecule has 0 amide bonds. The lowest BCUT2D eigenvalue weighted by Gasteiger charge is -2.07. The number of aryl methyl sites for hydroxylation is 1. The van der Waals surface area contributed by atoms with Crippen molar-refractivity contribution in [2.45, 2.75) is 0 Å². The molecule has 112 valence electrons. The van der Waals surface area contributed by atoms with Crippen molar-refractivity contribution in [2.75, 3.05) is 0 Å². The average molecular weight is 321 g/mol. The normalized spacial score (nSPS) is 11.0. The standard InChI is InChI=1S/C18H13ClN4/c1-23-14-10-6-5-9-13(14)15(17-20-11-21-18(19)22-17)16(23)12-7-3-2-4-8-12/h2-11H,1H3. The second-order valence-corrected chi connectivity index (χ2v) is 5.58. The smallest absolute Gasteiger partial charge is 0.225 e. The second-order valence-electron chi connectivity index (χ2n) is 5.24. The van der Waals surface area contributed by atoms with Gasteiger partial charge in [-0.15, -0.1) is 0 Å². The second kappa shape index (κ2) is 5.48. The predicted molar refractivity (Wildman–Crippen MR) is 92.2 cm³/mol. The molecular weight excluding hydrogens is 308 g/mol. The van der Waals surface area contributed by atoms with Crippen molar-refractivity contribution in [1.82, 2.24) is 19.5 Å². The molecule has 23 heavy (non-hydrogen) atoms. The molecule has 0 N–H and O–H groups in total. The Balaban J connectivity index is 2.13. The van der Waals surface area contributed by atoms with Gasteiger partial charge < -0.3 is 4.57 Å². The quantitative estimate of drug-likeness (QED) is 0.551. The van der Waals surface area contributed by atoms with Crippen LogP contribution in [0.1, 0.15) is 0 Å². The summed E-state index contributed by atoms with van der Waals surface area (Å²) in [4.78, 5) is 12.6. The van der Waals surface area contributed by atoms with Crippen LogP contribution in [0.3, 0.4) is 0 Å². The van der Waals surface area contributed by atoms with Gasteiger partial charge in [-0.05, 0) is 23.2 Å². The lowest BCUT2D eigenvalue weighted by molar-refractivity contribution is 0.975. The van der Waals surface area contributed by atoms with Crippen LogP contribution in [0, 0.1) is 0 Å². The summed E-state index contributed by atoms with van der Waals surface area (Å²) in [6.07, 6.45) is 1.45. The van der Waals surface area contributed by atoms with Gasteiger partial charge >= 0.3 is 0 Å². The Kier molecular flexibility index (Phi) is 3.32. The van der Waals surface area contributed by atoms with Gasteiger partial charge in [0.25, 0.3) is 0 Å². The van der Waals surface area contributed by atoms with E-state index >= 15 is 0 Å². The number of benzene rings is 2. The van der Waals surface area contributed by atoms with Gasteiger partial charge in [-0.25, -0.2) is 9.97 Å². The molecule has 4 aromatic rings. The van der Waals surface area contributed by atoms with Crippen LogP contribution in [-0.2, 0) is 7.05 Å². The Morgan fingerprint density at radius 2 is 1.65 bits per heavy atom. The fourth-order valence-electron chi connectivity index (χ4n) is 2.95. The first-order chi connectivity index (χ1) is 11.3. The van der Waals surface area contributed by atoms with Crippen LogP contribution in [0.4, 0.5) is 0 Å². The Labute approximate surface area is 138 Å². The molecule has 0 aliphatic heterocycles. The van der Waals surface area contributed by atoms with E-state index in [0.717, 1.165) is 27.7 Å². The van der Waals surface area contributed by atoms with Gasteiger partial charge in [0, 0.05) is 18.0 Å². The van der Waals surface area contributed by atoms with E-state index in [1.807, 2.05) is 30.3 Å². The number of halogens is 1. The molecule has 0 atom stereocenters. The number of hydrogen-bond acceptors (Lipinski definition) is 3. The van der Waals surface area contributed by atoms with Crippen molar-refractivity contribution >= 4 is 22.5 Å². The zero-order valence-corrected chi connectivity index (χ0v) is 13.2. The third-order valence-electron chi connectivity index (χ3n) is 3.92. The Bertz CT molecular complexity index is 993. The van der Waals surface area contributed by atoms with Crippen LogP contribution in [0.25, 0.3) is 33.5 Å². The maximum atomic E-state index is 5.98. The minimum atomic E-state index is 0.196. The summed E-state index contributed by atoms with van der Waals surface area (Å²) in [6.45, 7) is 0. The molecule has 2 aromatic carbocycles. The van der Waals surface area contributed by atoms with Gasteiger partial charge in [-0.2, -0.15) is 4.98 Å². The molecular formula is C18H13ClN4. The highest BCUT2D eigenvalue weighted by Crippen LogP contribution is 2.38. The third kappa shape index (κ3) is 2.28. The number of para-hydroxylation sites is 1. The number of rotatable bonds is 2. The zero-order valence-electron chi connectivity index (χ0n) is 12.4. The minimum absolute atomic E-state index is 0.196. The number of aromatic nitrogens is 4. The van der Waals surface area contributed by atoms with Crippen molar-refractivity contribution in [2.24, 2.45) is 7.05 Å². The number of fused-ring (bicyclic) bond motifs is 1. The van der Waals surface area contributed by atoms with E-state index in [9.17, 15) is 0 Å². The summed E-state index contributed by atoms with van der Waals surface area (Å²) in [7, 11) is 2.05. The molecule has 0 fully saturated rings. The zero-order chi connectivity index (χ0) is 15.8. The molecule has 0 spiro atoms. The average Bonchev–Trinajstić information content (AvgIpc) is 2.89. The molecule has 5 heteroatoms. The molecule has 2 heterocycles. The minimum Gasteiger partial charge on any atom is -0.343 e. The topological polar surface area (TPSA) is 43.6 Å². The lowest BCUT2D eigenvalue weighted by atomic mass is 10.0. The van der Waals surface area contributed by atoms with E-state index in [-0.39, 0.29) is 5.28 Å². The Hall–Kier alpha value is -2.72. The van der Waals surface area contributed by atoms with Crippen LogP contribution < -0.4 is 0 Å². The third-order valence-corrected chi connectivity index (χ3v) is 4.10. The van der Waals surface area contributed by atoms with Gasteiger partial charge in [-0.1, -0.05) is 48.5 Å². The van der Waals surface area contributed by atoms with Crippen molar-refractivity contribution in [3.05, 3.63) is 66.2 Å². The first-order valence-corrected chi connectivity index (χ1v) is 7.61. The van der Waals surface area contributed by atoms with E-state index in [0.29, 0.717) is 5.82 Å².